The normalized spacial score (nSPS) is 13.9. The Morgan fingerprint density at radius 2 is 1.81 bits per heavy atom. The van der Waals surface area contributed by atoms with Crippen molar-refractivity contribution in [3.05, 3.63) is 59.7 Å². The minimum Gasteiger partial charge on any atom is -0.380 e. The first-order chi connectivity index (χ1) is 13.2. The number of hydrogen-bond acceptors (Lipinski definition) is 5. The molecule has 2 aromatic carbocycles. The van der Waals surface area contributed by atoms with Crippen molar-refractivity contribution in [3.8, 4) is 0 Å². The number of rotatable bonds is 5. The van der Waals surface area contributed by atoms with Gasteiger partial charge in [0.25, 0.3) is 5.91 Å². The van der Waals surface area contributed by atoms with Crippen molar-refractivity contribution < 1.29 is 9.53 Å². The lowest BCUT2D eigenvalue weighted by Crippen LogP contribution is -2.23. The zero-order chi connectivity index (χ0) is 18.6. The Kier molecular flexibility index (Phi) is 4.98. The van der Waals surface area contributed by atoms with Crippen molar-refractivity contribution in [1.82, 2.24) is 9.97 Å². The molecule has 1 aromatic heterocycles. The van der Waals surface area contributed by atoms with Crippen LogP contribution < -0.4 is 10.2 Å². The van der Waals surface area contributed by atoms with Gasteiger partial charge in [0.15, 0.2) is 11.6 Å². The smallest absolute Gasteiger partial charge is 0.256 e. The number of benzene rings is 2. The summed E-state index contributed by atoms with van der Waals surface area (Å²) in [7, 11) is 1.64. The zero-order valence-electron chi connectivity index (χ0n) is 15.3. The van der Waals surface area contributed by atoms with E-state index in [2.05, 4.69) is 15.2 Å². The average molecular weight is 362 g/mol. The number of para-hydroxylation sites is 2. The number of aromatic nitrogens is 2. The number of anilines is 2. The Hall–Kier alpha value is -2.99. The van der Waals surface area contributed by atoms with Gasteiger partial charge < -0.3 is 15.0 Å². The lowest BCUT2D eigenvalue weighted by Gasteiger charge is -2.20. The van der Waals surface area contributed by atoms with Crippen LogP contribution in [0.15, 0.2) is 48.5 Å². The second-order valence-corrected chi connectivity index (χ2v) is 6.67. The molecule has 1 amide bonds. The Balaban J connectivity index is 1.68. The summed E-state index contributed by atoms with van der Waals surface area (Å²) in [6.07, 6.45) is 2.25. The number of amides is 1. The molecular weight excluding hydrogens is 340 g/mol. The van der Waals surface area contributed by atoms with Gasteiger partial charge in [-0.05, 0) is 42.7 Å². The highest BCUT2D eigenvalue weighted by molar-refractivity contribution is 6.05. The summed E-state index contributed by atoms with van der Waals surface area (Å²) >= 11 is 0. The summed E-state index contributed by atoms with van der Waals surface area (Å²) in [4.78, 5) is 24.5. The minimum absolute atomic E-state index is 0.196. The van der Waals surface area contributed by atoms with E-state index in [0.29, 0.717) is 18.0 Å². The van der Waals surface area contributed by atoms with E-state index in [4.69, 9.17) is 9.72 Å². The summed E-state index contributed by atoms with van der Waals surface area (Å²) in [6, 6.07) is 15.1. The molecule has 0 atom stereocenters. The summed E-state index contributed by atoms with van der Waals surface area (Å²) in [5, 5.41) is 2.97. The summed E-state index contributed by atoms with van der Waals surface area (Å²) in [5.41, 5.74) is 3.13. The van der Waals surface area contributed by atoms with Gasteiger partial charge in [0.1, 0.15) is 0 Å². The third kappa shape index (κ3) is 3.75. The first kappa shape index (κ1) is 17.4. The van der Waals surface area contributed by atoms with Crippen molar-refractivity contribution >= 4 is 28.6 Å². The molecule has 1 saturated heterocycles. The number of methoxy groups -OCH3 is 1. The summed E-state index contributed by atoms with van der Waals surface area (Å²) in [5.74, 6) is 1.06. The monoisotopic (exact) mass is 362 g/mol. The summed E-state index contributed by atoms with van der Waals surface area (Å²) in [6.45, 7) is 2.33. The van der Waals surface area contributed by atoms with Gasteiger partial charge in [0, 0.05) is 25.8 Å². The van der Waals surface area contributed by atoms with Gasteiger partial charge in [-0.25, -0.2) is 9.97 Å². The molecule has 1 aliphatic rings. The lowest BCUT2D eigenvalue weighted by molar-refractivity contribution is 0.102. The summed E-state index contributed by atoms with van der Waals surface area (Å²) < 4.78 is 5.15. The predicted molar refractivity (Wildman–Crippen MR) is 106 cm³/mol. The standard InChI is InChI=1S/C21H22N4O2/c1-27-14-15-7-6-8-16(13-15)21(26)24-19-20(25-11-4-5-12-25)23-18-10-3-2-9-17(18)22-19/h2-3,6-10,13H,4-5,11-12,14H2,1H3,(H,22,24,26). The molecule has 138 valence electrons. The molecule has 27 heavy (non-hydrogen) atoms. The average Bonchev–Trinajstić information content (AvgIpc) is 3.22. The van der Waals surface area contributed by atoms with E-state index in [1.165, 1.54) is 0 Å². The van der Waals surface area contributed by atoms with Crippen LogP contribution in [0.1, 0.15) is 28.8 Å². The fourth-order valence-electron chi connectivity index (χ4n) is 3.37. The molecule has 1 fully saturated rings. The van der Waals surface area contributed by atoms with Crippen LogP contribution in [0.2, 0.25) is 0 Å². The lowest BCUT2D eigenvalue weighted by atomic mass is 10.1. The molecule has 0 bridgehead atoms. The SMILES string of the molecule is COCc1cccc(C(=O)Nc2nc3ccccc3nc2N2CCCC2)c1. The van der Waals surface area contributed by atoms with E-state index >= 15 is 0 Å². The number of fused-ring (bicyclic) bond motifs is 1. The van der Waals surface area contributed by atoms with Crippen molar-refractivity contribution in [3.63, 3.8) is 0 Å². The van der Waals surface area contributed by atoms with Crippen LogP contribution in [0.4, 0.5) is 11.6 Å². The van der Waals surface area contributed by atoms with E-state index in [0.717, 1.165) is 48.3 Å². The molecule has 0 radical (unpaired) electrons. The van der Waals surface area contributed by atoms with Crippen molar-refractivity contribution in [2.75, 3.05) is 30.4 Å². The van der Waals surface area contributed by atoms with Gasteiger partial charge in [-0.1, -0.05) is 24.3 Å². The maximum Gasteiger partial charge on any atom is 0.256 e. The van der Waals surface area contributed by atoms with E-state index in [1.54, 1.807) is 13.2 Å². The Morgan fingerprint density at radius 1 is 1.07 bits per heavy atom. The second-order valence-electron chi connectivity index (χ2n) is 6.67. The fraction of sp³-hybridized carbons (Fsp3) is 0.286. The molecule has 2 heterocycles. The molecule has 1 aliphatic heterocycles. The molecule has 0 saturated carbocycles. The number of hydrogen-bond donors (Lipinski definition) is 1. The maximum atomic E-state index is 12.8. The van der Waals surface area contributed by atoms with Gasteiger partial charge >= 0.3 is 0 Å². The topological polar surface area (TPSA) is 67.3 Å². The van der Waals surface area contributed by atoms with E-state index in [1.807, 2.05) is 42.5 Å². The van der Waals surface area contributed by atoms with Gasteiger partial charge in [-0.15, -0.1) is 0 Å². The molecule has 1 N–H and O–H groups in total. The van der Waals surface area contributed by atoms with Crippen LogP contribution in [0.25, 0.3) is 11.0 Å². The third-order valence-electron chi connectivity index (χ3n) is 4.69. The van der Waals surface area contributed by atoms with Crippen molar-refractivity contribution in [2.24, 2.45) is 0 Å². The van der Waals surface area contributed by atoms with Crippen LogP contribution in [0.5, 0.6) is 0 Å². The molecular formula is C21H22N4O2. The molecule has 4 rings (SSSR count). The highest BCUT2D eigenvalue weighted by Crippen LogP contribution is 2.28. The highest BCUT2D eigenvalue weighted by atomic mass is 16.5. The molecule has 6 heteroatoms. The molecule has 6 nitrogen and oxygen atoms in total. The quantitative estimate of drug-likeness (QED) is 0.751. The minimum atomic E-state index is -0.196. The zero-order valence-corrected chi connectivity index (χ0v) is 15.3. The molecule has 0 aliphatic carbocycles. The number of nitrogens with one attached hydrogen (secondary N) is 1. The number of ether oxygens (including phenoxy) is 1. The van der Waals surface area contributed by atoms with E-state index in [-0.39, 0.29) is 5.91 Å². The van der Waals surface area contributed by atoms with E-state index in [9.17, 15) is 4.79 Å². The number of carbonyl (C=O) groups is 1. The largest absolute Gasteiger partial charge is 0.380 e. The number of nitrogens with zero attached hydrogens (tertiary/aromatic N) is 3. The first-order valence-corrected chi connectivity index (χ1v) is 9.15. The Morgan fingerprint density at radius 3 is 2.56 bits per heavy atom. The van der Waals surface area contributed by atoms with Crippen molar-refractivity contribution in [2.45, 2.75) is 19.4 Å². The fourth-order valence-corrected chi connectivity index (χ4v) is 3.37. The van der Waals surface area contributed by atoms with Crippen LogP contribution in [-0.4, -0.2) is 36.1 Å². The second kappa shape index (κ2) is 7.72. The molecule has 0 unspecified atom stereocenters. The van der Waals surface area contributed by atoms with Gasteiger partial charge in [0.05, 0.1) is 17.6 Å². The Labute approximate surface area is 158 Å². The third-order valence-corrected chi connectivity index (χ3v) is 4.69. The van der Waals surface area contributed by atoms with Crippen LogP contribution in [0, 0.1) is 0 Å². The van der Waals surface area contributed by atoms with Gasteiger partial charge in [-0.3, -0.25) is 4.79 Å². The first-order valence-electron chi connectivity index (χ1n) is 9.15. The maximum absolute atomic E-state index is 12.8. The Bertz CT molecular complexity index is 967. The molecule has 3 aromatic rings. The number of carbonyl (C=O) groups excluding carboxylic acids is 1. The van der Waals surface area contributed by atoms with Crippen LogP contribution in [-0.2, 0) is 11.3 Å². The van der Waals surface area contributed by atoms with Crippen LogP contribution >= 0.6 is 0 Å². The van der Waals surface area contributed by atoms with Crippen LogP contribution in [0.3, 0.4) is 0 Å². The molecule has 0 spiro atoms. The van der Waals surface area contributed by atoms with Gasteiger partial charge in [0.2, 0.25) is 0 Å². The van der Waals surface area contributed by atoms with E-state index < -0.39 is 0 Å². The predicted octanol–water partition coefficient (Wildman–Crippen LogP) is 3.63. The highest BCUT2D eigenvalue weighted by Gasteiger charge is 2.21. The van der Waals surface area contributed by atoms with Gasteiger partial charge in [-0.2, -0.15) is 0 Å². The van der Waals surface area contributed by atoms with Crippen molar-refractivity contribution in [1.29, 1.82) is 0 Å².